The first-order valence-corrected chi connectivity index (χ1v) is 15.0. The van der Waals surface area contributed by atoms with Gasteiger partial charge in [0.05, 0.1) is 22.2 Å². The minimum atomic E-state index is -1.20. The monoisotopic (exact) mass is 573 g/mol. The number of nitrogens with one attached hydrogen (secondary N) is 1. The molecule has 1 aromatic carbocycles. The van der Waals surface area contributed by atoms with Crippen LogP contribution in [0.4, 0.5) is 11.6 Å². The van der Waals surface area contributed by atoms with Gasteiger partial charge in [-0.2, -0.15) is 5.10 Å². The number of thiazole rings is 1. The van der Waals surface area contributed by atoms with Gasteiger partial charge in [0.15, 0.2) is 5.82 Å². The molecule has 0 radical (unpaired) electrons. The first-order chi connectivity index (χ1) is 19.5. The maximum absolute atomic E-state index is 13.4. The van der Waals surface area contributed by atoms with E-state index in [1.807, 2.05) is 18.2 Å². The van der Waals surface area contributed by atoms with Crippen molar-refractivity contribution in [3.05, 3.63) is 45.9 Å². The molecule has 4 heterocycles. The Kier molecular flexibility index (Phi) is 6.60. The van der Waals surface area contributed by atoms with E-state index in [0.29, 0.717) is 39.5 Å². The second kappa shape index (κ2) is 9.90. The molecule has 3 aromatic heterocycles. The van der Waals surface area contributed by atoms with E-state index in [1.54, 1.807) is 26.2 Å². The summed E-state index contributed by atoms with van der Waals surface area (Å²) in [5.41, 5.74) is 7.13. The number of aromatic nitrogens is 5. The molecule has 1 aliphatic heterocycles. The van der Waals surface area contributed by atoms with Crippen molar-refractivity contribution in [2.45, 2.75) is 71.8 Å². The van der Waals surface area contributed by atoms with Gasteiger partial charge >= 0.3 is 5.97 Å². The van der Waals surface area contributed by atoms with Gasteiger partial charge < -0.3 is 16.2 Å². The Balaban J connectivity index is 1.36. The van der Waals surface area contributed by atoms with Gasteiger partial charge in [0.2, 0.25) is 5.91 Å². The van der Waals surface area contributed by atoms with E-state index in [0.717, 1.165) is 23.4 Å². The van der Waals surface area contributed by atoms with E-state index in [9.17, 15) is 14.7 Å². The molecular weight excluding hydrogens is 538 g/mol. The number of nitrogens with two attached hydrogens (primary N) is 1. The van der Waals surface area contributed by atoms with E-state index in [-0.39, 0.29) is 18.1 Å². The van der Waals surface area contributed by atoms with Gasteiger partial charge in [0, 0.05) is 23.7 Å². The van der Waals surface area contributed by atoms with Crippen LogP contribution < -0.4 is 11.1 Å². The molecule has 1 aliphatic carbocycles. The normalized spacial score (nSPS) is 22.6. The fourth-order valence-electron chi connectivity index (χ4n) is 6.05. The number of benzene rings is 1. The van der Waals surface area contributed by atoms with Crippen molar-refractivity contribution in [2.24, 2.45) is 17.3 Å². The van der Waals surface area contributed by atoms with E-state index in [4.69, 9.17) is 15.8 Å². The molecule has 4 aromatic rings. The molecule has 1 amide bonds. The van der Waals surface area contributed by atoms with Crippen molar-refractivity contribution in [3.8, 4) is 11.5 Å². The smallest absolute Gasteiger partial charge is 0.309 e. The average molecular weight is 574 g/mol. The van der Waals surface area contributed by atoms with E-state index in [1.165, 1.54) is 37.0 Å². The molecule has 0 spiro atoms. The lowest BCUT2D eigenvalue weighted by atomic mass is 9.83. The Morgan fingerprint density at radius 2 is 1.93 bits per heavy atom. The number of aliphatic carboxylic acids is 1. The highest BCUT2D eigenvalue weighted by Crippen LogP contribution is 2.46. The van der Waals surface area contributed by atoms with Gasteiger partial charge in [-0.25, -0.2) is 15.0 Å². The second-order valence-corrected chi connectivity index (χ2v) is 13.3. The molecule has 1 fully saturated rings. The van der Waals surface area contributed by atoms with Gasteiger partial charge in [-0.05, 0) is 51.5 Å². The minimum absolute atomic E-state index is 0.188. The topological polar surface area (TPSA) is 149 Å². The minimum Gasteiger partial charge on any atom is -0.481 e. The van der Waals surface area contributed by atoms with Crippen LogP contribution in [0.1, 0.15) is 69.6 Å². The first kappa shape index (κ1) is 27.3. The number of nitrogens with zero attached hydrogens (tertiary/aromatic N) is 5. The zero-order valence-corrected chi connectivity index (χ0v) is 24.6. The number of nitrogen functional groups attached to an aromatic ring is 1. The molecule has 1 saturated carbocycles. The van der Waals surface area contributed by atoms with Crippen molar-refractivity contribution in [1.82, 2.24) is 24.7 Å². The second-order valence-electron chi connectivity index (χ2n) is 12.4. The Morgan fingerprint density at radius 1 is 1.20 bits per heavy atom. The third-order valence-electron chi connectivity index (χ3n) is 8.74. The molecule has 1 atom stereocenters. The Bertz CT molecular complexity index is 1670. The molecular formula is C30H35N7O3S. The van der Waals surface area contributed by atoms with Crippen LogP contribution in [0.2, 0.25) is 0 Å². The molecule has 0 saturated heterocycles. The van der Waals surface area contributed by atoms with Crippen molar-refractivity contribution >= 4 is 45.8 Å². The van der Waals surface area contributed by atoms with Crippen LogP contribution in [0.3, 0.4) is 0 Å². The van der Waals surface area contributed by atoms with Gasteiger partial charge in [-0.3, -0.25) is 14.3 Å². The number of carboxylic acid groups (broad SMARTS) is 1. The maximum atomic E-state index is 13.4. The predicted octanol–water partition coefficient (Wildman–Crippen LogP) is 5.27. The van der Waals surface area contributed by atoms with E-state index >= 15 is 0 Å². The van der Waals surface area contributed by atoms with Gasteiger partial charge in [-0.15, -0.1) is 11.3 Å². The zero-order valence-electron chi connectivity index (χ0n) is 23.8. The molecule has 4 N–H and O–H groups in total. The largest absolute Gasteiger partial charge is 0.481 e. The summed E-state index contributed by atoms with van der Waals surface area (Å²) in [6.07, 6.45) is 5.13. The predicted molar refractivity (Wildman–Crippen MR) is 159 cm³/mol. The highest BCUT2D eigenvalue weighted by molar-refractivity contribution is 7.10. The number of carbonyl (C=O) groups excluding carboxylic acids is 1. The van der Waals surface area contributed by atoms with Crippen LogP contribution in [0.25, 0.3) is 22.4 Å². The van der Waals surface area contributed by atoms with Crippen LogP contribution in [0, 0.1) is 17.3 Å². The van der Waals surface area contributed by atoms with Crippen LogP contribution in [0.15, 0.2) is 29.6 Å². The molecule has 41 heavy (non-hydrogen) atoms. The summed E-state index contributed by atoms with van der Waals surface area (Å²) in [6, 6.07) is 8.07. The number of para-hydroxylation sites is 1. The molecule has 11 heteroatoms. The van der Waals surface area contributed by atoms with Crippen molar-refractivity contribution in [2.75, 3.05) is 11.1 Å². The van der Waals surface area contributed by atoms with Gasteiger partial charge in [0.25, 0.3) is 0 Å². The third-order valence-corrected chi connectivity index (χ3v) is 9.85. The third kappa shape index (κ3) is 4.65. The van der Waals surface area contributed by atoms with E-state index in [2.05, 4.69) is 33.0 Å². The number of hydrogen-bond donors (Lipinski definition) is 3. The Morgan fingerprint density at radius 3 is 2.66 bits per heavy atom. The number of carboxylic acids is 1. The Hall–Kier alpha value is -3.86. The summed E-state index contributed by atoms with van der Waals surface area (Å²) in [5, 5.41) is 20.7. The SMILES string of the molecule is CC1CCC(Cn2nc(-c3nc(N)c4c(n3)NC(=O)C4(C)c3nc(CC(C)(C)C(=O)O)cs3)c3ccccc32)CC1. The molecule has 214 valence electrons. The molecule has 10 nitrogen and oxygen atoms in total. The quantitative estimate of drug-likeness (QED) is 0.271. The van der Waals surface area contributed by atoms with Gasteiger partial charge in [0.1, 0.15) is 27.8 Å². The summed E-state index contributed by atoms with van der Waals surface area (Å²) in [6.45, 7) is 8.23. The van der Waals surface area contributed by atoms with Crippen molar-refractivity contribution < 1.29 is 14.7 Å². The summed E-state index contributed by atoms with van der Waals surface area (Å²) in [5.74, 6) is 1.06. The molecule has 0 bridgehead atoms. The van der Waals surface area contributed by atoms with Crippen molar-refractivity contribution in [1.29, 1.82) is 0 Å². The van der Waals surface area contributed by atoms with Crippen LogP contribution >= 0.6 is 11.3 Å². The summed E-state index contributed by atoms with van der Waals surface area (Å²) >= 11 is 1.30. The average Bonchev–Trinajstić information content (AvgIpc) is 3.61. The van der Waals surface area contributed by atoms with Crippen molar-refractivity contribution in [3.63, 3.8) is 0 Å². The molecule has 2 aliphatic rings. The lowest BCUT2D eigenvalue weighted by molar-refractivity contribution is -0.146. The first-order valence-electron chi connectivity index (χ1n) is 14.1. The molecule has 6 rings (SSSR count). The maximum Gasteiger partial charge on any atom is 0.309 e. The number of rotatable bonds is 7. The highest BCUT2D eigenvalue weighted by atomic mass is 32.1. The molecule has 1 unspecified atom stereocenters. The summed E-state index contributed by atoms with van der Waals surface area (Å²) in [4.78, 5) is 39.2. The standard InChI is InChI=1S/C30H35N7O3S/c1-16-9-11-17(12-10-16)14-37-20-8-6-5-7-19(20)22(36-37)25-33-23(31)21-24(34-25)35-26(38)30(21,4)27-32-18(15-41-27)13-29(2,3)28(39)40/h5-8,15-17H,9-14H2,1-4H3,(H,39,40)(H3,31,33,34,35,38). The Labute approximate surface area is 242 Å². The number of fused-ring (bicyclic) bond motifs is 2. The number of carbonyl (C=O) groups is 2. The fourth-order valence-corrected chi connectivity index (χ4v) is 7.04. The number of amides is 1. The number of hydrogen-bond acceptors (Lipinski definition) is 8. The fraction of sp³-hybridized carbons (Fsp3) is 0.467. The van der Waals surface area contributed by atoms with Crippen LogP contribution in [-0.2, 0) is 28.0 Å². The zero-order chi connectivity index (χ0) is 29.1. The number of anilines is 2. The van der Waals surface area contributed by atoms with Crippen LogP contribution in [0.5, 0.6) is 0 Å². The van der Waals surface area contributed by atoms with Crippen LogP contribution in [-0.4, -0.2) is 41.7 Å². The van der Waals surface area contributed by atoms with Gasteiger partial charge in [-0.1, -0.05) is 38.0 Å². The summed E-state index contributed by atoms with van der Waals surface area (Å²) in [7, 11) is 0. The lowest BCUT2D eigenvalue weighted by Crippen LogP contribution is -2.33. The summed E-state index contributed by atoms with van der Waals surface area (Å²) < 4.78 is 2.07. The lowest BCUT2D eigenvalue weighted by Gasteiger charge is -2.26. The highest BCUT2D eigenvalue weighted by Gasteiger charge is 2.50. The van der Waals surface area contributed by atoms with E-state index < -0.39 is 16.8 Å².